The van der Waals surface area contributed by atoms with Crippen molar-refractivity contribution in [3.05, 3.63) is 48.4 Å². The lowest BCUT2D eigenvalue weighted by Crippen LogP contribution is -2.51. The van der Waals surface area contributed by atoms with Crippen LogP contribution in [0.1, 0.15) is 38.5 Å². The molecule has 4 aliphatic rings. The van der Waals surface area contributed by atoms with E-state index in [9.17, 15) is 9.50 Å². The molecule has 10 heteroatoms. The summed E-state index contributed by atoms with van der Waals surface area (Å²) in [6.45, 7) is 2.33. The number of pyridine rings is 1. The summed E-state index contributed by atoms with van der Waals surface area (Å²) in [5, 5.41) is 16.2. The Kier molecular flexibility index (Phi) is 6.78. The Labute approximate surface area is 249 Å². The van der Waals surface area contributed by atoms with Crippen molar-refractivity contribution in [1.29, 1.82) is 0 Å². The molecule has 224 valence electrons. The number of aromatic nitrogens is 3. The lowest BCUT2D eigenvalue weighted by Gasteiger charge is -2.35. The van der Waals surface area contributed by atoms with Crippen LogP contribution in [0.5, 0.6) is 11.8 Å². The van der Waals surface area contributed by atoms with E-state index in [4.69, 9.17) is 9.72 Å². The van der Waals surface area contributed by atoms with Gasteiger partial charge in [-0.1, -0.05) is 24.3 Å². The van der Waals surface area contributed by atoms with Crippen LogP contribution < -0.4 is 15.0 Å². The summed E-state index contributed by atoms with van der Waals surface area (Å²) in [4.78, 5) is 18.7. The molecule has 4 fully saturated rings. The van der Waals surface area contributed by atoms with Gasteiger partial charge in [0, 0.05) is 55.6 Å². The number of aromatic hydroxyl groups is 1. The van der Waals surface area contributed by atoms with Gasteiger partial charge in [-0.25, -0.2) is 4.39 Å². The van der Waals surface area contributed by atoms with Crippen molar-refractivity contribution in [3.8, 4) is 23.0 Å². The van der Waals surface area contributed by atoms with E-state index in [1.54, 1.807) is 18.3 Å². The maximum Gasteiger partial charge on any atom is 0.319 e. The quantitative estimate of drug-likeness (QED) is 0.291. The number of fused-ring (bicyclic) bond motifs is 6. The van der Waals surface area contributed by atoms with E-state index < -0.39 is 5.82 Å². The van der Waals surface area contributed by atoms with Crippen LogP contribution >= 0.6 is 0 Å². The average Bonchev–Trinajstić information content (AvgIpc) is 3.73. The summed E-state index contributed by atoms with van der Waals surface area (Å²) in [5.74, 6) is 0.630. The minimum absolute atomic E-state index is 0.0434. The second-order valence-corrected chi connectivity index (χ2v) is 12.7. The first kappa shape index (κ1) is 27.0. The van der Waals surface area contributed by atoms with Gasteiger partial charge in [0.15, 0.2) is 5.82 Å². The van der Waals surface area contributed by atoms with Crippen LogP contribution in [0.3, 0.4) is 0 Å². The van der Waals surface area contributed by atoms with Gasteiger partial charge in [0.25, 0.3) is 0 Å². The molecule has 2 aromatic carbocycles. The lowest BCUT2D eigenvalue weighted by atomic mass is 9.99. The second kappa shape index (κ2) is 10.8. The molecule has 5 unspecified atom stereocenters. The van der Waals surface area contributed by atoms with Gasteiger partial charge in [-0.05, 0) is 67.3 Å². The summed E-state index contributed by atoms with van der Waals surface area (Å²) in [5.41, 5.74) is 0.787. The molecule has 5 heterocycles. The number of halogens is 2. The van der Waals surface area contributed by atoms with Crippen LogP contribution in [0.25, 0.3) is 32.9 Å². The molecule has 3 saturated heterocycles. The number of piperidine rings is 1. The summed E-state index contributed by atoms with van der Waals surface area (Å²) < 4.78 is 36.0. The topological polar surface area (TPSA) is 86.6 Å². The first-order chi connectivity index (χ1) is 21.1. The zero-order chi connectivity index (χ0) is 29.1. The van der Waals surface area contributed by atoms with Crippen LogP contribution in [-0.2, 0) is 0 Å². The number of alkyl halides is 1. The maximum absolute atomic E-state index is 16.6. The Balaban J connectivity index is 1.20. The van der Waals surface area contributed by atoms with Crippen molar-refractivity contribution in [2.75, 3.05) is 37.8 Å². The Bertz CT molecular complexity index is 1670. The van der Waals surface area contributed by atoms with Crippen LogP contribution in [0.15, 0.2) is 42.6 Å². The summed E-state index contributed by atoms with van der Waals surface area (Å²) in [6, 6.07) is 12.3. The molecule has 3 aliphatic heterocycles. The summed E-state index contributed by atoms with van der Waals surface area (Å²) in [7, 11) is 0. The van der Waals surface area contributed by atoms with Crippen molar-refractivity contribution in [3.63, 3.8) is 0 Å². The largest absolute Gasteiger partial charge is 0.508 e. The zero-order valence-corrected chi connectivity index (χ0v) is 24.1. The second-order valence-electron chi connectivity index (χ2n) is 12.7. The molecule has 5 atom stereocenters. The molecule has 1 saturated carbocycles. The van der Waals surface area contributed by atoms with Gasteiger partial charge in [0.2, 0.25) is 0 Å². The number of benzene rings is 2. The van der Waals surface area contributed by atoms with E-state index >= 15 is 4.39 Å². The number of piperazine rings is 1. The monoisotopic (exact) mass is 586 g/mol. The lowest BCUT2D eigenvalue weighted by molar-refractivity contribution is 0.0867. The molecule has 2 N–H and O–H groups in total. The number of ether oxygens (including phenoxy) is 1. The number of anilines is 1. The fourth-order valence-electron chi connectivity index (χ4n) is 8.14. The van der Waals surface area contributed by atoms with Crippen LogP contribution in [0, 0.1) is 11.7 Å². The molecule has 1 aliphatic carbocycles. The highest BCUT2D eigenvalue weighted by Gasteiger charge is 2.45. The predicted molar refractivity (Wildman–Crippen MR) is 162 cm³/mol. The molecule has 0 spiro atoms. The van der Waals surface area contributed by atoms with Crippen molar-refractivity contribution in [1.82, 2.24) is 25.2 Å². The average molecular weight is 587 g/mol. The third-order valence-electron chi connectivity index (χ3n) is 10.1. The molecule has 0 radical (unpaired) electrons. The van der Waals surface area contributed by atoms with E-state index in [1.807, 2.05) is 24.3 Å². The number of nitrogens with one attached hydrogen (secondary N) is 1. The number of phenolic OH excluding ortho intramolecular Hbond substituents is 1. The van der Waals surface area contributed by atoms with E-state index in [-0.39, 0.29) is 35.7 Å². The van der Waals surface area contributed by atoms with E-state index in [0.717, 1.165) is 62.5 Å². The van der Waals surface area contributed by atoms with Crippen molar-refractivity contribution >= 4 is 27.5 Å². The number of hydrogen-bond donors (Lipinski definition) is 2. The normalized spacial score (nSPS) is 26.7. The van der Waals surface area contributed by atoms with Gasteiger partial charge >= 0.3 is 6.01 Å². The summed E-state index contributed by atoms with van der Waals surface area (Å²) >= 11 is 0. The highest BCUT2D eigenvalue weighted by molar-refractivity contribution is 5.99. The van der Waals surface area contributed by atoms with Crippen molar-refractivity contribution < 1.29 is 18.6 Å². The number of rotatable bonds is 8. The van der Waals surface area contributed by atoms with Gasteiger partial charge in [-0.15, -0.1) is 0 Å². The smallest absolute Gasteiger partial charge is 0.319 e. The summed E-state index contributed by atoms with van der Waals surface area (Å²) in [6.07, 6.45) is 7.81. The van der Waals surface area contributed by atoms with Crippen molar-refractivity contribution in [2.24, 2.45) is 5.92 Å². The van der Waals surface area contributed by atoms with Crippen molar-refractivity contribution in [2.45, 2.75) is 62.7 Å². The van der Waals surface area contributed by atoms with Crippen LogP contribution in [0.4, 0.5) is 14.6 Å². The van der Waals surface area contributed by atoms with Gasteiger partial charge in [0.1, 0.15) is 29.4 Å². The molecule has 4 aromatic rings. The molecule has 8 rings (SSSR count). The molecule has 0 amide bonds. The number of phenols is 1. The van der Waals surface area contributed by atoms with Crippen LogP contribution in [0.2, 0.25) is 0 Å². The maximum atomic E-state index is 16.6. The standard InChI is InChI=1S/C33H36F2N6O2/c34-10-3-11-41-23-9-6-20(12-23)28(41)18-43-33-38-31-27(32(39-33)40-16-21-7-8-22(17-40)37-21)15-36-30(29(31)35)26-14-24(42)13-19-4-1-2-5-25(19)26/h1-2,4-5,13-15,20-23,28,37,42H,3,6-12,16-18H2. The number of hydrogen-bond acceptors (Lipinski definition) is 8. The SMILES string of the molecule is Oc1cc(-c2ncc3c(N4CC5CCC(C4)N5)nc(OCC4C5CCC(C5)N4CCCF)nc3c2F)c2ccccc2c1. The Hall–Kier alpha value is -3.63. The van der Waals surface area contributed by atoms with Gasteiger partial charge in [-0.2, -0.15) is 9.97 Å². The van der Waals surface area contributed by atoms with Gasteiger partial charge in [0.05, 0.1) is 12.1 Å². The molecule has 4 bridgehead atoms. The molecular weight excluding hydrogens is 550 g/mol. The highest BCUT2D eigenvalue weighted by atomic mass is 19.1. The van der Waals surface area contributed by atoms with E-state index in [2.05, 4.69) is 25.1 Å². The van der Waals surface area contributed by atoms with Crippen LogP contribution in [-0.4, -0.2) is 82.0 Å². The predicted octanol–water partition coefficient (Wildman–Crippen LogP) is 5.22. The molecular formula is C33H36F2N6O2. The Morgan fingerprint density at radius 2 is 1.86 bits per heavy atom. The first-order valence-electron chi connectivity index (χ1n) is 15.6. The zero-order valence-electron chi connectivity index (χ0n) is 24.1. The fraction of sp³-hybridized carbons (Fsp3) is 0.485. The molecule has 8 nitrogen and oxygen atoms in total. The highest BCUT2D eigenvalue weighted by Crippen LogP contribution is 2.43. The third-order valence-corrected chi connectivity index (χ3v) is 10.1. The molecule has 2 aromatic heterocycles. The Morgan fingerprint density at radius 1 is 1.02 bits per heavy atom. The number of likely N-dealkylation sites (tertiary alicyclic amines) is 1. The minimum atomic E-state index is -0.565. The fourth-order valence-corrected chi connectivity index (χ4v) is 8.14. The first-order valence-corrected chi connectivity index (χ1v) is 15.6. The van der Waals surface area contributed by atoms with Gasteiger partial charge in [-0.3, -0.25) is 14.3 Å². The minimum Gasteiger partial charge on any atom is -0.508 e. The van der Waals surface area contributed by atoms with Gasteiger partial charge < -0.3 is 20.1 Å². The third kappa shape index (κ3) is 4.75. The number of nitrogens with zero attached hydrogens (tertiary/aromatic N) is 5. The van der Waals surface area contributed by atoms with E-state index in [0.29, 0.717) is 53.8 Å². The molecule has 43 heavy (non-hydrogen) atoms. The Morgan fingerprint density at radius 3 is 2.70 bits per heavy atom. The van der Waals surface area contributed by atoms with E-state index in [1.165, 1.54) is 0 Å².